The Morgan fingerprint density at radius 2 is 2.00 bits per heavy atom. The van der Waals surface area contributed by atoms with Gasteiger partial charge in [-0.15, -0.1) is 0 Å². The number of rotatable bonds is 5. The molecular weight excluding hydrogens is 386 g/mol. The van der Waals surface area contributed by atoms with E-state index in [1.165, 1.54) is 19.4 Å². The fourth-order valence-electron chi connectivity index (χ4n) is 3.75. The normalized spacial score (nSPS) is 15.7. The summed E-state index contributed by atoms with van der Waals surface area (Å²) in [6.07, 6.45) is 2.94. The van der Waals surface area contributed by atoms with Crippen molar-refractivity contribution in [2.45, 2.75) is 32.7 Å². The minimum atomic E-state index is -0.598. The number of likely N-dealkylation sites (tertiary alicyclic amines) is 1. The van der Waals surface area contributed by atoms with Crippen LogP contribution in [0.4, 0.5) is 5.69 Å². The summed E-state index contributed by atoms with van der Waals surface area (Å²) >= 11 is 0. The molecule has 158 valence electrons. The molecule has 2 aromatic rings. The first-order valence-corrected chi connectivity index (χ1v) is 9.79. The van der Waals surface area contributed by atoms with Gasteiger partial charge in [-0.2, -0.15) is 0 Å². The number of carbonyl (C=O) groups is 3. The number of nitrogen functional groups attached to an aromatic ring is 1. The Hall–Kier alpha value is -3.42. The number of hydrogen-bond donors (Lipinski definition) is 1. The quantitative estimate of drug-likeness (QED) is 0.753. The second kappa shape index (κ2) is 8.94. The topological polar surface area (TPSA) is 112 Å². The summed E-state index contributed by atoms with van der Waals surface area (Å²) in [5.41, 5.74) is 8.81. The zero-order chi connectivity index (χ0) is 21.8. The van der Waals surface area contributed by atoms with Gasteiger partial charge in [-0.25, -0.2) is 14.6 Å². The number of hydrogen-bond acceptors (Lipinski definition) is 7. The van der Waals surface area contributed by atoms with Gasteiger partial charge in [0.05, 0.1) is 42.8 Å². The van der Waals surface area contributed by atoms with Crippen LogP contribution in [0, 0.1) is 6.92 Å². The first-order chi connectivity index (χ1) is 14.4. The molecule has 1 aliphatic heterocycles. The number of aromatic nitrogens is 1. The van der Waals surface area contributed by atoms with Crippen molar-refractivity contribution in [1.82, 2.24) is 9.88 Å². The van der Waals surface area contributed by atoms with Crippen LogP contribution in [0.2, 0.25) is 0 Å². The molecule has 0 spiro atoms. The van der Waals surface area contributed by atoms with Crippen LogP contribution in [0.5, 0.6) is 0 Å². The first-order valence-electron chi connectivity index (χ1n) is 9.79. The van der Waals surface area contributed by atoms with Crippen molar-refractivity contribution >= 4 is 23.5 Å². The molecule has 3 rings (SSSR count). The molecule has 2 N–H and O–H groups in total. The van der Waals surface area contributed by atoms with E-state index in [9.17, 15) is 14.4 Å². The number of methoxy groups -OCH3 is 1. The van der Waals surface area contributed by atoms with Gasteiger partial charge >= 0.3 is 11.9 Å². The number of anilines is 1. The van der Waals surface area contributed by atoms with Gasteiger partial charge in [0, 0.05) is 6.54 Å². The van der Waals surface area contributed by atoms with E-state index in [1.807, 2.05) is 13.0 Å². The van der Waals surface area contributed by atoms with Crippen LogP contribution in [0.3, 0.4) is 0 Å². The maximum atomic E-state index is 13.3. The van der Waals surface area contributed by atoms with E-state index in [-0.39, 0.29) is 35.5 Å². The third-order valence-corrected chi connectivity index (χ3v) is 5.21. The first kappa shape index (κ1) is 21.3. The molecule has 8 heteroatoms. The Morgan fingerprint density at radius 3 is 2.67 bits per heavy atom. The summed E-state index contributed by atoms with van der Waals surface area (Å²) in [6.45, 7) is 4.38. The Bertz CT molecular complexity index is 989. The lowest BCUT2D eigenvalue weighted by Gasteiger charge is -2.27. The van der Waals surface area contributed by atoms with Crippen LogP contribution < -0.4 is 5.73 Å². The number of benzene rings is 1. The fraction of sp³-hybridized carbons (Fsp3) is 0.364. The molecule has 0 bridgehead atoms. The predicted molar refractivity (Wildman–Crippen MR) is 110 cm³/mol. The van der Waals surface area contributed by atoms with E-state index < -0.39 is 11.9 Å². The number of ether oxygens (including phenoxy) is 2. The van der Waals surface area contributed by atoms with Crippen molar-refractivity contribution in [2.75, 3.05) is 26.0 Å². The highest BCUT2D eigenvalue weighted by atomic mass is 16.5. The van der Waals surface area contributed by atoms with Gasteiger partial charge in [0.15, 0.2) is 0 Å². The summed E-state index contributed by atoms with van der Waals surface area (Å²) in [5, 5.41) is 0. The molecule has 0 unspecified atom stereocenters. The third-order valence-electron chi connectivity index (χ3n) is 5.21. The van der Waals surface area contributed by atoms with Crippen LogP contribution in [0.25, 0.3) is 0 Å². The lowest BCUT2D eigenvalue weighted by molar-refractivity contribution is 0.0518. The summed E-state index contributed by atoms with van der Waals surface area (Å²) in [7, 11) is 1.34. The van der Waals surface area contributed by atoms with Crippen LogP contribution in [0.1, 0.15) is 68.1 Å². The molecule has 1 atom stereocenters. The van der Waals surface area contributed by atoms with E-state index >= 15 is 0 Å². The number of nitrogens with two attached hydrogens (primary N) is 1. The van der Waals surface area contributed by atoms with E-state index in [2.05, 4.69) is 4.98 Å². The largest absolute Gasteiger partial charge is 0.465 e. The van der Waals surface area contributed by atoms with Crippen LogP contribution in [0.15, 0.2) is 30.5 Å². The molecular formula is C22H25N3O5. The zero-order valence-electron chi connectivity index (χ0n) is 17.3. The van der Waals surface area contributed by atoms with Crippen molar-refractivity contribution in [3.05, 3.63) is 58.4 Å². The Morgan fingerprint density at radius 1 is 1.23 bits per heavy atom. The summed E-state index contributed by atoms with van der Waals surface area (Å²) in [5.74, 6) is -1.27. The lowest BCUT2D eigenvalue weighted by atomic mass is 9.96. The van der Waals surface area contributed by atoms with Gasteiger partial charge in [0.2, 0.25) is 0 Å². The number of pyridine rings is 1. The number of esters is 2. The van der Waals surface area contributed by atoms with Gasteiger partial charge in [0.25, 0.3) is 5.91 Å². The molecule has 1 amide bonds. The van der Waals surface area contributed by atoms with Crippen molar-refractivity contribution < 1.29 is 23.9 Å². The molecule has 2 heterocycles. The highest BCUT2D eigenvalue weighted by molar-refractivity contribution is 6.01. The van der Waals surface area contributed by atoms with Gasteiger partial charge in [0.1, 0.15) is 5.69 Å². The average Bonchev–Trinajstić information content (AvgIpc) is 3.22. The lowest BCUT2D eigenvalue weighted by Crippen LogP contribution is -2.32. The average molecular weight is 411 g/mol. The highest BCUT2D eigenvalue weighted by Crippen LogP contribution is 2.35. The molecule has 8 nitrogen and oxygen atoms in total. The second-order valence-corrected chi connectivity index (χ2v) is 7.10. The molecule has 1 fully saturated rings. The summed E-state index contributed by atoms with van der Waals surface area (Å²) in [6, 6.07) is 6.56. The smallest absolute Gasteiger partial charge is 0.356 e. The van der Waals surface area contributed by atoms with Crippen molar-refractivity contribution in [2.24, 2.45) is 0 Å². The number of carbonyl (C=O) groups excluding carboxylic acids is 3. The zero-order valence-corrected chi connectivity index (χ0v) is 17.3. The Kier molecular flexibility index (Phi) is 6.34. The number of amides is 1. The molecule has 1 aromatic carbocycles. The standard InChI is InChI=1S/C22H25N3O5/c1-4-30-22(28)18-11-16(17(23)12-24-18)20(26)25-9-5-6-19(25)15-8-7-14(10-13(15)2)21(27)29-3/h7-8,10-12,19H,4-6,9,23H2,1-3H3/t19-/m1/s1. The van der Waals surface area contributed by atoms with Crippen molar-refractivity contribution in [3.8, 4) is 0 Å². The maximum Gasteiger partial charge on any atom is 0.356 e. The SMILES string of the molecule is CCOC(=O)c1cc(C(=O)N2CCC[C@@H]2c2ccc(C(=O)OC)cc2C)c(N)cn1. The van der Waals surface area contributed by atoms with Crippen molar-refractivity contribution in [1.29, 1.82) is 0 Å². The number of nitrogens with zero attached hydrogens (tertiary/aromatic N) is 2. The van der Waals surface area contributed by atoms with Crippen LogP contribution in [-0.2, 0) is 9.47 Å². The summed E-state index contributed by atoms with van der Waals surface area (Å²) in [4.78, 5) is 42.8. The molecule has 0 aliphatic carbocycles. The highest BCUT2D eigenvalue weighted by Gasteiger charge is 2.33. The minimum Gasteiger partial charge on any atom is -0.465 e. The van der Waals surface area contributed by atoms with E-state index in [1.54, 1.807) is 24.0 Å². The van der Waals surface area contributed by atoms with Crippen molar-refractivity contribution in [3.63, 3.8) is 0 Å². The molecule has 0 radical (unpaired) electrons. The van der Waals surface area contributed by atoms with Crippen LogP contribution >= 0.6 is 0 Å². The summed E-state index contributed by atoms with van der Waals surface area (Å²) < 4.78 is 9.74. The molecule has 1 aromatic heterocycles. The monoisotopic (exact) mass is 411 g/mol. The molecule has 30 heavy (non-hydrogen) atoms. The second-order valence-electron chi connectivity index (χ2n) is 7.10. The number of aryl methyl sites for hydroxylation is 1. The van der Waals surface area contributed by atoms with Gasteiger partial charge in [-0.3, -0.25) is 4.79 Å². The van der Waals surface area contributed by atoms with E-state index in [0.717, 1.165) is 24.0 Å². The Balaban J connectivity index is 1.91. The fourth-order valence-corrected chi connectivity index (χ4v) is 3.75. The maximum absolute atomic E-state index is 13.3. The molecule has 1 aliphatic rings. The van der Waals surface area contributed by atoms with E-state index in [0.29, 0.717) is 12.1 Å². The third kappa shape index (κ3) is 4.12. The Labute approximate surface area is 175 Å². The molecule has 1 saturated heterocycles. The van der Waals surface area contributed by atoms with Gasteiger partial charge in [-0.1, -0.05) is 6.07 Å². The minimum absolute atomic E-state index is 0.0451. The van der Waals surface area contributed by atoms with Crippen LogP contribution in [-0.4, -0.2) is 48.0 Å². The predicted octanol–water partition coefficient (Wildman–Crippen LogP) is 2.91. The van der Waals surface area contributed by atoms with Gasteiger partial charge in [-0.05, 0) is 56.0 Å². The molecule has 0 saturated carbocycles. The van der Waals surface area contributed by atoms with Gasteiger partial charge < -0.3 is 20.1 Å². The van der Waals surface area contributed by atoms with E-state index in [4.69, 9.17) is 15.2 Å².